The number of benzene rings is 3. The molecule has 36 heavy (non-hydrogen) atoms. The third kappa shape index (κ3) is 6.06. The van der Waals surface area contributed by atoms with Crippen molar-refractivity contribution in [2.75, 3.05) is 6.54 Å². The van der Waals surface area contributed by atoms with Crippen LogP contribution in [0.1, 0.15) is 28.5 Å². The highest BCUT2D eigenvalue weighted by Gasteiger charge is 2.25. The lowest BCUT2D eigenvalue weighted by Crippen LogP contribution is -2.49. The molecule has 0 saturated carbocycles. The summed E-state index contributed by atoms with van der Waals surface area (Å²) in [4.78, 5) is 38.9. The van der Waals surface area contributed by atoms with E-state index in [1.165, 1.54) is 4.90 Å². The highest BCUT2D eigenvalue weighted by molar-refractivity contribution is 6.06. The van der Waals surface area contributed by atoms with Gasteiger partial charge in [0, 0.05) is 11.9 Å². The Morgan fingerprint density at radius 2 is 1.67 bits per heavy atom. The lowest BCUT2D eigenvalue weighted by molar-refractivity contribution is -0.137. The third-order valence-corrected chi connectivity index (χ3v) is 5.61. The van der Waals surface area contributed by atoms with E-state index in [9.17, 15) is 14.4 Å². The molecule has 4 N–H and O–H groups in total. The molecule has 3 amide bonds. The molecule has 184 valence electrons. The molecule has 0 saturated heterocycles. The Kier molecular flexibility index (Phi) is 7.60. The van der Waals surface area contributed by atoms with Crippen LogP contribution in [0.25, 0.3) is 10.9 Å². The van der Waals surface area contributed by atoms with Crippen LogP contribution in [-0.4, -0.2) is 45.4 Å². The fraction of sp³-hybridized carbons (Fsp3) is 0.185. The van der Waals surface area contributed by atoms with Crippen molar-refractivity contribution in [2.45, 2.75) is 26.1 Å². The first-order valence-electron chi connectivity index (χ1n) is 11.5. The van der Waals surface area contributed by atoms with Crippen molar-refractivity contribution in [3.8, 4) is 5.75 Å². The van der Waals surface area contributed by atoms with Crippen molar-refractivity contribution in [1.29, 1.82) is 0 Å². The number of rotatable bonds is 10. The van der Waals surface area contributed by atoms with Gasteiger partial charge in [0.2, 0.25) is 11.8 Å². The monoisotopic (exact) mass is 485 g/mol. The van der Waals surface area contributed by atoms with Crippen LogP contribution in [0, 0.1) is 0 Å². The molecular weight excluding hydrogens is 458 g/mol. The summed E-state index contributed by atoms with van der Waals surface area (Å²) < 4.78 is 5.80. The molecule has 9 heteroatoms. The van der Waals surface area contributed by atoms with Gasteiger partial charge in [-0.15, -0.1) is 0 Å². The number of aromatic amines is 1. The number of fused-ring (bicyclic) bond motifs is 1. The van der Waals surface area contributed by atoms with Gasteiger partial charge in [0.15, 0.2) is 5.69 Å². The summed E-state index contributed by atoms with van der Waals surface area (Å²) in [6, 6.07) is 23.4. The molecule has 0 fully saturated rings. The van der Waals surface area contributed by atoms with Gasteiger partial charge in [-0.2, -0.15) is 5.10 Å². The lowest BCUT2D eigenvalue weighted by Gasteiger charge is -2.25. The Bertz CT molecular complexity index is 1350. The zero-order chi connectivity index (χ0) is 25.5. The quantitative estimate of drug-likeness (QED) is 0.318. The second kappa shape index (κ2) is 11.2. The molecule has 4 aromatic rings. The number of aromatic nitrogens is 2. The van der Waals surface area contributed by atoms with Crippen LogP contribution in [0.5, 0.6) is 5.75 Å². The molecule has 1 aromatic heterocycles. The van der Waals surface area contributed by atoms with E-state index in [0.717, 1.165) is 11.1 Å². The second-order valence-corrected chi connectivity index (χ2v) is 8.39. The van der Waals surface area contributed by atoms with Crippen LogP contribution in [0.2, 0.25) is 0 Å². The highest BCUT2D eigenvalue weighted by atomic mass is 16.5. The molecule has 4 rings (SSSR count). The van der Waals surface area contributed by atoms with Gasteiger partial charge in [0.1, 0.15) is 18.4 Å². The van der Waals surface area contributed by atoms with Crippen LogP contribution < -0.4 is 15.8 Å². The molecule has 1 unspecified atom stereocenters. The summed E-state index contributed by atoms with van der Waals surface area (Å²) in [6.07, 6.45) is 0. The minimum atomic E-state index is -0.902. The Hall–Kier alpha value is -4.66. The summed E-state index contributed by atoms with van der Waals surface area (Å²) in [7, 11) is 0. The topological polar surface area (TPSA) is 130 Å². The first kappa shape index (κ1) is 24.5. The van der Waals surface area contributed by atoms with Crippen molar-refractivity contribution >= 4 is 28.6 Å². The fourth-order valence-electron chi connectivity index (χ4n) is 3.79. The molecule has 0 bridgehead atoms. The third-order valence-electron chi connectivity index (χ3n) is 5.61. The first-order valence-corrected chi connectivity index (χ1v) is 11.5. The Morgan fingerprint density at radius 3 is 2.39 bits per heavy atom. The molecule has 1 heterocycles. The van der Waals surface area contributed by atoms with Crippen LogP contribution in [-0.2, 0) is 22.7 Å². The van der Waals surface area contributed by atoms with E-state index in [4.69, 9.17) is 10.5 Å². The molecule has 3 aromatic carbocycles. The maximum Gasteiger partial charge on any atom is 0.273 e. The van der Waals surface area contributed by atoms with Crippen molar-refractivity contribution in [3.05, 3.63) is 95.7 Å². The van der Waals surface area contributed by atoms with Gasteiger partial charge < -0.3 is 20.7 Å². The standard InChI is InChI=1S/C27H27N5O4/c1-18(29-26(34)25-22-9-5-6-10-23(22)30-31-25)27(35)32(16-24(28)33)15-19-11-13-21(14-12-19)36-17-20-7-3-2-4-8-20/h2-14,18H,15-17H2,1H3,(H2,28,33)(H,29,34)(H,30,31). The minimum absolute atomic E-state index is 0.145. The Balaban J connectivity index is 1.39. The maximum atomic E-state index is 13.1. The number of hydrogen-bond acceptors (Lipinski definition) is 5. The van der Waals surface area contributed by atoms with E-state index in [1.54, 1.807) is 37.3 Å². The summed E-state index contributed by atoms with van der Waals surface area (Å²) in [5, 5.41) is 10.2. The van der Waals surface area contributed by atoms with Crippen molar-refractivity contribution in [3.63, 3.8) is 0 Å². The van der Waals surface area contributed by atoms with Gasteiger partial charge in [0.25, 0.3) is 5.91 Å². The smallest absolute Gasteiger partial charge is 0.273 e. The molecule has 0 aliphatic rings. The number of hydrogen-bond donors (Lipinski definition) is 3. The lowest BCUT2D eigenvalue weighted by atomic mass is 10.1. The normalized spacial score (nSPS) is 11.6. The van der Waals surface area contributed by atoms with Crippen LogP contribution >= 0.6 is 0 Å². The SMILES string of the molecule is CC(NC(=O)c1n[nH]c2ccccc12)C(=O)N(CC(N)=O)Cc1ccc(OCc2ccccc2)cc1. The fourth-order valence-corrected chi connectivity index (χ4v) is 3.79. The minimum Gasteiger partial charge on any atom is -0.489 e. The molecule has 0 spiro atoms. The Morgan fingerprint density at radius 1 is 0.972 bits per heavy atom. The van der Waals surface area contributed by atoms with Crippen molar-refractivity contribution in [2.24, 2.45) is 5.73 Å². The zero-order valence-corrected chi connectivity index (χ0v) is 19.8. The van der Waals surface area contributed by atoms with Gasteiger partial charge in [-0.1, -0.05) is 60.7 Å². The van der Waals surface area contributed by atoms with Crippen LogP contribution in [0.3, 0.4) is 0 Å². The first-order chi connectivity index (χ1) is 17.4. The number of ether oxygens (including phenoxy) is 1. The number of nitrogens with zero attached hydrogens (tertiary/aromatic N) is 2. The number of para-hydroxylation sites is 1. The van der Waals surface area contributed by atoms with Crippen LogP contribution in [0.4, 0.5) is 0 Å². The predicted octanol–water partition coefficient (Wildman–Crippen LogP) is 2.77. The number of nitrogens with one attached hydrogen (secondary N) is 2. The van der Waals surface area contributed by atoms with E-state index < -0.39 is 23.8 Å². The number of primary amides is 1. The highest BCUT2D eigenvalue weighted by Crippen LogP contribution is 2.17. The summed E-state index contributed by atoms with van der Waals surface area (Å²) in [5.74, 6) is -0.899. The number of carbonyl (C=O) groups excluding carboxylic acids is 3. The molecule has 0 aliphatic heterocycles. The average molecular weight is 486 g/mol. The van der Waals surface area contributed by atoms with Gasteiger partial charge in [-0.25, -0.2) is 0 Å². The summed E-state index contributed by atoms with van der Waals surface area (Å²) in [6.45, 7) is 1.86. The largest absolute Gasteiger partial charge is 0.489 e. The van der Waals surface area contributed by atoms with Gasteiger partial charge in [-0.05, 0) is 36.2 Å². The molecular formula is C27H27N5O4. The van der Waals surface area contributed by atoms with Gasteiger partial charge in [0.05, 0.1) is 12.1 Å². The van der Waals surface area contributed by atoms with Gasteiger partial charge >= 0.3 is 0 Å². The molecule has 1 atom stereocenters. The zero-order valence-electron chi connectivity index (χ0n) is 19.8. The Labute approximate surface area is 208 Å². The van der Waals surface area contributed by atoms with E-state index in [-0.39, 0.29) is 18.8 Å². The van der Waals surface area contributed by atoms with Crippen LogP contribution in [0.15, 0.2) is 78.9 Å². The number of carbonyl (C=O) groups is 3. The van der Waals surface area contributed by atoms with Crippen molar-refractivity contribution < 1.29 is 19.1 Å². The molecule has 0 radical (unpaired) electrons. The molecule has 0 aliphatic carbocycles. The average Bonchev–Trinajstić information content (AvgIpc) is 3.32. The van der Waals surface area contributed by atoms with E-state index in [2.05, 4.69) is 15.5 Å². The molecule has 9 nitrogen and oxygen atoms in total. The van der Waals surface area contributed by atoms with Crippen molar-refractivity contribution in [1.82, 2.24) is 20.4 Å². The summed E-state index contributed by atoms with van der Waals surface area (Å²) >= 11 is 0. The maximum absolute atomic E-state index is 13.1. The van der Waals surface area contributed by atoms with E-state index in [1.807, 2.05) is 48.5 Å². The second-order valence-electron chi connectivity index (χ2n) is 8.39. The van der Waals surface area contributed by atoms with Gasteiger partial charge in [-0.3, -0.25) is 19.5 Å². The van der Waals surface area contributed by atoms with E-state index in [0.29, 0.717) is 23.3 Å². The summed E-state index contributed by atoms with van der Waals surface area (Å²) in [5.41, 5.74) is 8.14. The number of H-pyrrole nitrogens is 1. The number of nitrogens with two attached hydrogens (primary N) is 1. The number of amides is 3. The predicted molar refractivity (Wildman–Crippen MR) is 135 cm³/mol. The van der Waals surface area contributed by atoms with E-state index >= 15 is 0 Å².